The summed E-state index contributed by atoms with van der Waals surface area (Å²) in [6.45, 7) is 2.83. The van der Waals surface area contributed by atoms with Crippen LogP contribution in [0, 0.1) is 0 Å². The average molecular weight is 305 g/mol. The quantitative estimate of drug-likeness (QED) is 0.805. The SMILES string of the molecule is CCCNC(=O)CNc1cc(Cl)nc(-c2ccccc2)n1. The third-order valence-electron chi connectivity index (χ3n) is 2.73. The number of benzene rings is 1. The van der Waals surface area contributed by atoms with Crippen molar-refractivity contribution in [3.05, 3.63) is 41.6 Å². The molecule has 110 valence electrons. The van der Waals surface area contributed by atoms with Crippen LogP contribution in [0.2, 0.25) is 5.15 Å². The summed E-state index contributed by atoms with van der Waals surface area (Å²) in [5.41, 5.74) is 0.874. The van der Waals surface area contributed by atoms with Gasteiger partial charge in [0.2, 0.25) is 5.91 Å². The molecule has 0 radical (unpaired) electrons. The number of carbonyl (C=O) groups excluding carboxylic acids is 1. The van der Waals surface area contributed by atoms with Crippen LogP contribution in [0.1, 0.15) is 13.3 Å². The fourth-order valence-corrected chi connectivity index (χ4v) is 1.91. The van der Waals surface area contributed by atoms with Gasteiger partial charge in [-0.15, -0.1) is 0 Å². The predicted octanol–water partition coefficient (Wildman–Crippen LogP) is 2.74. The molecule has 1 aromatic heterocycles. The first-order valence-corrected chi connectivity index (χ1v) is 7.17. The summed E-state index contributed by atoms with van der Waals surface area (Å²) in [6, 6.07) is 11.1. The first-order chi connectivity index (χ1) is 10.2. The zero-order valence-electron chi connectivity index (χ0n) is 11.8. The van der Waals surface area contributed by atoms with Crippen LogP contribution in [0.4, 0.5) is 5.82 Å². The number of amides is 1. The third-order valence-corrected chi connectivity index (χ3v) is 2.92. The molecule has 1 heterocycles. The van der Waals surface area contributed by atoms with Crippen molar-refractivity contribution >= 4 is 23.3 Å². The van der Waals surface area contributed by atoms with E-state index in [0.717, 1.165) is 12.0 Å². The molecule has 2 N–H and O–H groups in total. The molecule has 21 heavy (non-hydrogen) atoms. The number of nitrogens with one attached hydrogen (secondary N) is 2. The van der Waals surface area contributed by atoms with Gasteiger partial charge in [-0.1, -0.05) is 48.9 Å². The Labute approximate surface area is 128 Å². The van der Waals surface area contributed by atoms with E-state index in [0.29, 0.717) is 23.3 Å². The van der Waals surface area contributed by atoms with Crippen LogP contribution < -0.4 is 10.6 Å². The van der Waals surface area contributed by atoms with Gasteiger partial charge in [0.1, 0.15) is 11.0 Å². The Hall–Kier alpha value is -2.14. The summed E-state index contributed by atoms with van der Waals surface area (Å²) < 4.78 is 0. The number of carbonyl (C=O) groups is 1. The van der Waals surface area contributed by atoms with Gasteiger partial charge in [0, 0.05) is 18.2 Å². The molecule has 0 atom stereocenters. The highest BCUT2D eigenvalue weighted by Crippen LogP contribution is 2.19. The standard InChI is InChI=1S/C15H17ClN4O/c1-2-8-17-14(21)10-18-13-9-12(16)19-15(20-13)11-6-4-3-5-7-11/h3-7,9H,2,8,10H2,1H3,(H,17,21)(H,18,19,20). The van der Waals surface area contributed by atoms with Gasteiger partial charge in [0.25, 0.3) is 0 Å². The van der Waals surface area contributed by atoms with Gasteiger partial charge in [0.15, 0.2) is 5.82 Å². The Morgan fingerprint density at radius 3 is 2.71 bits per heavy atom. The summed E-state index contributed by atoms with van der Waals surface area (Å²) in [4.78, 5) is 20.1. The van der Waals surface area contributed by atoms with E-state index in [9.17, 15) is 4.79 Å². The second-order valence-corrected chi connectivity index (χ2v) is 4.86. The van der Waals surface area contributed by atoms with Crippen molar-refractivity contribution in [2.75, 3.05) is 18.4 Å². The summed E-state index contributed by atoms with van der Waals surface area (Å²) in [7, 11) is 0. The van der Waals surface area contributed by atoms with Gasteiger partial charge >= 0.3 is 0 Å². The number of aromatic nitrogens is 2. The molecule has 1 aromatic carbocycles. The fourth-order valence-electron chi connectivity index (χ4n) is 1.72. The van der Waals surface area contributed by atoms with E-state index in [1.807, 2.05) is 37.3 Å². The fraction of sp³-hybridized carbons (Fsp3) is 0.267. The topological polar surface area (TPSA) is 66.9 Å². The molecule has 0 spiro atoms. The second kappa shape index (κ2) is 7.59. The van der Waals surface area contributed by atoms with E-state index in [2.05, 4.69) is 20.6 Å². The van der Waals surface area contributed by atoms with Crippen molar-refractivity contribution in [1.29, 1.82) is 0 Å². The molecule has 2 rings (SSSR count). The lowest BCUT2D eigenvalue weighted by Crippen LogP contribution is -2.30. The number of halogens is 1. The average Bonchev–Trinajstić information content (AvgIpc) is 2.51. The second-order valence-electron chi connectivity index (χ2n) is 4.47. The van der Waals surface area contributed by atoms with E-state index < -0.39 is 0 Å². The van der Waals surface area contributed by atoms with Gasteiger partial charge < -0.3 is 10.6 Å². The third kappa shape index (κ3) is 4.72. The first kappa shape index (κ1) is 15.3. The Morgan fingerprint density at radius 2 is 2.00 bits per heavy atom. The Bertz CT molecular complexity index is 604. The van der Waals surface area contributed by atoms with Crippen molar-refractivity contribution in [2.24, 2.45) is 0 Å². The molecule has 0 aliphatic rings. The predicted molar refractivity (Wildman–Crippen MR) is 84.3 cm³/mol. The number of nitrogens with zero attached hydrogens (tertiary/aromatic N) is 2. The molecule has 6 heteroatoms. The van der Waals surface area contributed by atoms with Crippen LogP contribution in [0.15, 0.2) is 36.4 Å². The van der Waals surface area contributed by atoms with Gasteiger partial charge in [0.05, 0.1) is 6.54 Å². The molecule has 2 aromatic rings. The van der Waals surface area contributed by atoms with Crippen LogP contribution in [-0.4, -0.2) is 29.0 Å². The van der Waals surface area contributed by atoms with Crippen LogP contribution in [-0.2, 0) is 4.79 Å². The van der Waals surface area contributed by atoms with Gasteiger partial charge in [-0.25, -0.2) is 9.97 Å². The smallest absolute Gasteiger partial charge is 0.239 e. The Morgan fingerprint density at radius 1 is 1.24 bits per heavy atom. The van der Waals surface area contributed by atoms with Crippen LogP contribution >= 0.6 is 11.6 Å². The highest BCUT2D eigenvalue weighted by atomic mass is 35.5. The lowest BCUT2D eigenvalue weighted by Gasteiger charge is -2.08. The van der Waals surface area contributed by atoms with Gasteiger partial charge in [-0.2, -0.15) is 0 Å². The van der Waals surface area contributed by atoms with Crippen molar-refractivity contribution in [3.8, 4) is 11.4 Å². The monoisotopic (exact) mass is 304 g/mol. The molecule has 0 bridgehead atoms. The molecule has 0 aliphatic heterocycles. The van der Waals surface area contributed by atoms with Crippen molar-refractivity contribution in [1.82, 2.24) is 15.3 Å². The molecule has 1 amide bonds. The largest absolute Gasteiger partial charge is 0.361 e. The van der Waals surface area contributed by atoms with E-state index in [4.69, 9.17) is 11.6 Å². The lowest BCUT2D eigenvalue weighted by atomic mass is 10.2. The maximum Gasteiger partial charge on any atom is 0.239 e. The van der Waals surface area contributed by atoms with Crippen LogP contribution in [0.5, 0.6) is 0 Å². The van der Waals surface area contributed by atoms with Crippen LogP contribution in [0.3, 0.4) is 0 Å². The summed E-state index contributed by atoms with van der Waals surface area (Å²) >= 11 is 6.01. The number of hydrogen-bond donors (Lipinski definition) is 2. The minimum Gasteiger partial charge on any atom is -0.361 e. The Balaban J connectivity index is 2.07. The lowest BCUT2D eigenvalue weighted by molar-refractivity contribution is -0.119. The minimum atomic E-state index is -0.0761. The van der Waals surface area contributed by atoms with Gasteiger partial charge in [-0.3, -0.25) is 4.79 Å². The highest BCUT2D eigenvalue weighted by Gasteiger charge is 2.07. The molecular formula is C15H17ClN4O. The highest BCUT2D eigenvalue weighted by molar-refractivity contribution is 6.29. The minimum absolute atomic E-state index is 0.0761. The maximum absolute atomic E-state index is 11.6. The van der Waals surface area contributed by atoms with E-state index >= 15 is 0 Å². The van der Waals surface area contributed by atoms with Crippen molar-refractivity contribution < 1.29 is 4.79 Å². The maximum atomic E-state index is 11.6. The number of hydrogen-bond acceptors (Lipinski definition) is 4. The molecule has 0 saturated heterocycles. The zero-order chi connectivity index (χ0) is 15.1. The molecule has 5 nitrogen and oxygen atoms in total. The van der Waals surface area contributed by atoms with Gasteiger partial charge in [-0.05, 0) is 6.42 Å². The van der Waals surface area contributed by atoms with E-state index in [1.165, 1.54) is 0 Å². The molecule has 0 fully saturated rings. The Kier molecular flexibility index (Phi) is 5.51. The van der Waals surface area contributed by atoms with Crippen LogP contribution in [0.25, 0.3) is 11.4 Å². The van der Waals surface area contributed by atoms with E-state index in [-0.39, 0.29) is 12.5 Å². The zero-order valence-corrected chi connectivity index (χ0v) is 12.5. The summed E-state index contributed by atoms with van der Waals surface area (Å²) in [5, 5.41) is 6.08. The first-order valence-electron chi connectivity index (χ1n) is 6.79. The normalized spacial score (nSPS) is 10.2. The molecular weight excluding hydrogens is 288 g/mol. The van der Waals surface area contributed by atoms with Crippen molar-refractivity contribution in [2.45, 2.75) is 13.3 Å². The number of rotatable bonds is 6. The molecule has 0 aliphatic carbocycles. The summed E-state index contributed by atoms with van der Waals surface area (Å²) in [5.74, 6) is 0.980. The van der Waals surface area contributed by atoms with E-state index in [1.54, 1.807) is 6.07 Å². The van der Waals surface area contributed by atoms with Crippen molar-refractivity contribution in [3.63, 3.8) is 0 Å². The molecule has 0 unspecified atom stereocenters. The molecule has 0 saturated carbocycles. The number of anilines is 1. The summed E-state index contributed by atoms with van der Waals surface area (Å²) in [6.07, 6.45) is 0.906.